The van der Waals surface area contributed by atoms with E-state index >= 15 is 0 Å². The molecule has 7 heteroatoms. The van der Waals surface area contributed by atoms with Gasteiger partial charge >= 0.3 is 0 Å². The predicted octanol–water partition coefficient (Wildman–Crippen LogP) is 4.56. The van der Waals surface area contributed by atoms with Crippen LogP contribution in [0.25, 0.3) is 0 Å². The fourth-order valence-electron chi connectivity index (χ4n) is 2.38. The summed E-state index contributed by atoms with van der Waals surface area (Å²) in [6.45, 7) is 1.40. The summed E-state index contributed by atoms with van der Waals surface area (Å²) in [4.78, 5) is 21.0. The molecule has 0 amide bonds. The number of para-hydroxylation sites is 1. The van der Waals surface area contributed by atoms with Crippen LogP contribution in [0, 0.1) is 0 Å². The molecule has 3 aromatic rings. The van der Waals surface area contributed by atoms with Crippen molar-refractivity contribution < 1.29 is 10.5 Å². The first-order valence-corrected chi connectivity index (χ1v) is 8.88. The maximum absolute atomic E-state index is 12.6. The lowest BCUT2D eigenvalue weighted by atomic mass is 10.1. The molecule has 3 rings (SSSR count). The number of hydrogen-bond acceptors (Lipinski definition) is 6. The van der Waals surface area contributed by atoms with Gasteiger partial charge in [-0.1, -0.05) is 24.3 Å². The minimum absolute atomic E-state index is 0. The van der Waals surface area contributed by atoms with E-state index < -0.39 is 0 Å². The molecule has 26 heavy (non-hydrogen) atoms. The van der Waals surface area contributed by atoms with E-state index in [1.54, 1.807) is 24.4 Å². The Balaban J connectivity index is 0. The lowest BCUT2D eigenvalue weighted by Crippen LogP contribution is -2.15. The van der Waals surface area contributed by atoms with Crippen molar-refractivity contribution in [1.29, 1.82) is 0 Å². The first-order chi connectivity index (χ1) is 12.6. The van der Waals surface area contributed by atoms with Crippen LogP contribution in [0.3, 0.4) is 0 Å². The lowest BCUT2D eigenvalue weighted by Gasteiger charge is -2.09. The Bertz CT molecular complexity index is 918. The number of ketones is 1. The Labute approximate surface area is 165 Å². The number of rotatable bonds is 7. The highest BCUT2D eigenvalue weighted by molar-refractivity contribution is 9.10. The van der Waals surface area contributed by atoms with Gasteiger partial charge in [-0.3, -0.25) is 4.79 Å². The standard InChI is InChI=1S/C19H18BrN5O.4H2/c20-13-11-15(19(21)24-12-13)18(26)16-7-4-8-17(25-16)23-10-9-22-14-5-2-1-3-6-14;;;;/h1-8,11-12,22H,9-10H2,(H2,21,24)(H,23,25);4*1H. The number of halogens is 1. The highest BCUT2D eigenvalue weighted by Gasteiger charge is 2.15. The number of nitrogens with two attached hydrogens (primary N) is 1. The van der Waals surface area contributed by atoms with Crippen molar-refractivity contribution in [3.63, 3.8) is 0 Å². The molecule has 0 atom stereocenters. The highest BCUT2D eigenvalue weighted by Crippen LogP contribution is 2.19. The van der Waals surface area contributed by atoms with Crippen LogP contribution in [-0.2, 0) is 0 Å². The molecule has 0 saturated carbocycles. The van der Waals surface area contributed by atoms with Crippen LogP contribution in [0.4, 0.5) is 17.3 Å². The zero-order chi connectivity index (χ0) is 18.4. The van der Waals surface area contributed by atoms with Crippen LogP contribution in [0.15, 0.2) is 65.3 Å². The number of carbonyl (C=O) groups excluding carboxylic acids is 1. The summed E-state index contributed by atoms with van der Waals surface area (Å²) in [5.74, 6) is 0.556. The third-order valence-electron chi connectivity index (χ3n) is 3.65. The van der Waals surface area contributed by atoms with E-state index in [4.69, 9.17) is 5.73 Å². The van der Waals surface area contributed by atoms with Gasteiger partial charge in [0, 0.05) is 35.2 Å². The Morgan fingerprint density at radius 3 is 2.65 bits per heavy atom. The third-order valence-corrected chi connectivity index (χ3v) is 4.08. The smallest absolute Gasteiger partial charge is 0.215 e. The molecular weight excluding hydrogens is 394 g/mol. The number of pyridine rings is 2. The van der Waals surface area contributed by atoms with Gasteiger partial charge in [0.25, 0.3) is 0 Å². The van der Waals surface area contributed by atoms with E-state index in [0.29, 0.717) is 28.1 Å². The molecule has 0 unspecified atom stereocenters. The second kappa shape index (κ2) is 8.44. The van der Waals surface area contributed by atoms with Crippen LogP contribution in [-0.4, -0.2) is 28.8 Å². The van der Waals surface area contributed by atoms with Crippen molar-refractivity contribution in [2.75, 3.05) is 29.5 Å². The summed E-state index contributed by atoms with van der Waals surface area (Å²) >= 11 is 3.30. The largest absolute Gasteiger partial charge is 0.383 e. The Morgan fingerprint density at radius 2 is 1.85 bits per heavy atom. The first-order valence-electron chi connectivity index (χ1n) is 8.09. The maximum atomic E-state index is 12.6. The quantitative estimate of drug-likeness (QED) is 0.383. The van der Waals surface area contributed by atoms with Crippen molar-refractivity contribution in [1.82, 2.24) is 9.97 Å². The van der Waals surface area contributed by atoms with Gasteiger partial charge < -0.3 is 16.4 Å². The monoisotopic (exact) mass is 419 g/mol. The van der Waals surface area contributed by atoms with Crippen molar-refractivity contribution >= 4 is 39.0 Å². The predicted molar refractivity (Wildman–Crippen MR) is 116 cm³/mol. The van der Waals surface area contributed by atoms with E-state index in [1.807, 2.05) is 36.4 Å². The summed E-state index contributed by atoms with van der Waals surface area (Å²) in [5, 5.41) is 6.51. The van der Waals surface area contributed by atoms with Gasteiger partial charge in [0.15, 0.2) is 0 Å². The summed E-state index contributed by atoms with van der Waals surface area (Å²) in [6.07, 6.45) is 1.55. The number of anilines is 3. The summed E-state index contributed by atoms with van der Waals surface area (Å²) in [7, 11) is 0. The second-order valence-electron chi connectivity index (χ2n) is 5.54. The van der Waals surface area contributed by atoms with Crippen molar-refractivity contribution in [2.24, 2.45) is 0 Å². The van der Waals surface area contributed by atoms with Crippen LogP contribution in [0.1, 0.15) is 21.8 Å². The highest BCUT2D eigenvalue weighted by atomic mass is 79.9. The zero-order valence-electron chi connectivity index (χ0n) is 13.9. The molecule has 2 heterocycles. The van der Waals surface area contributed by atoms with Gasteiger partial charge in [-0.15, -0.1) is 0 Å². The number of hydrogen-bond donors (Lipinski definition) is 3. The van der Waals surface area contributed by atoms with Crippen LogP contribution in [0.5, 0.6) is 0 Å². The van der Waals surface area contributed by atoms with Gasteiger partial charge in [-0.2, -0.15) is 0 Å². The van der Waals surface area contributed by atoms with Crippen molar-refractivity contribution in [2.45, 2.75) is 0 Å². The molecule has 0 aliphatic rings. The molecule has 0 bridgehead atoms. The molecule has 1 aromatic carbocycles. The molecule has 4 N–H and O–H groups in total. The third kappa shape index (κ3) is 4.58. The van der Waals surface area contributed by atoms with Crippen LogP contribution < -0.4 is 16.4 Å². The van der Waals surface area contributed by atoms with E-state index in [1.165, 1.54) is 0 Å². The van der Waals surface area contributed by atoms with Crippen LogP contribution in [0.2, 0.25) is 0 Å². The van der Waals surface area contributed by atoms with Gasteiger partial charge in [0.2, 0.25) is 5.78 Å². The second-order valence-corrected chi connectivity index (χ2v) is 6.46. The van der Waals surface area contributed by atoms with E-state index in [9.17, 15) is 4.79 Å². The number of carbonyl (C=O) groups is 1. The molecule has 0 saturated heterocycles. The van der Waals surface area contributed by atoms with Gasteiger partial charge in [0.05, 0.1) is 5.56 Å². The first kappa shape index (κ1) is 17.9. The molecule has 140 valence electrons. The molecule has 0 fully saturated rings. The van der Waals surface area contributed by atoms with Gasteiger partial charge in [-0.05, 0) is 46.3 Å². The molecule has 0 radical (unpaired) electrons. The molecule has 6 nitrogen and oxygen atoms in total. The van der Waals surface area contributed by atoms with E-state index in [2.05, 4.69) is 36.5 Å². The Kier molecular flexibility index (Phi) is 5.80. The van der Waals surface area contributed by atoms with E-state index in [-0.39, 0.29) is 17.3 Å². The fraction of sp³-hybridized carbons (Fsp3) is 0.105. The molecule has 0 spiro atoms. The number of nitrogens with zero attached hydrogens (tertiary/aromatic N) is 2. The summed E-state index contributed by atoms with van der Waals surface area (Å²) in [5.41, 5.74) is 7.52. The Morgan fingerprint density at radius 1 is 1.08 bits per heavy atom. The summed E-state index contributed by atoms with van der Waals surface area (Å²) < 4.78 is 0.691. The number of nitrogens with one attached hydrogen (secondary N) is 2. The van der Waals surface area contributed by atoms with Gasteiger partial charge in [-0.25, -0.2) is 9.97 Å². The van der Waals surface area contributed by atoms with Gasteiger partial charge in [0.1, 0.15) is 17.3 Å². The maximum Gasteiger partial charge on any atom is 0.215 e. The molecule has 0 aliphatic carbocycles. The Hall–Kier alpha value is -2.93. The molecular formula is C19H26BrN5O. The van der Waals surface area contributed by atoms with Crippen LogP contribution >= 0.6 is 15.9 Å². The fourth-order valence-corrected chi connectivity index (χ4v) is 2.71. The summed E-state index contributed by atoms with van der Waals surface area (Å²) in [6, 6.07) is 16.9. The van der Waals surface area contributed by atoms with E-state index in [0.717, 1.165) is 12.2 Å². The normalized spacial score (nSPS) is 10.3. The number of aromatic nitrogens is 2. The average molecular weight is 420 g/mol. The molecule has 2 aromatic heterocycles. The lowest BCUT2D eigenvalue weighted by molar-refractivity contribution is 0.103. The number of benzene rings is 1. The SMILES string of the molecule is Nc1ncc(Br)cc1C(=O)c1cccc(NCCNc2ccccc2)n1.[HH].[HH].[HH].[HH]. The number of nitrogen functional groups attached to an aromatic ring is 1. The van der Waals surface area contributed by atoms with Crippen molar-refractivity contribution in [3.05, 3.63) is 76.5 Å². The topological polar surface area (TPSA) is 92.9 Å². The minimum Gasteiger partial charge on any atom is -0.383 e. The minimum atomic E-state index is -0.262. The van der Waals surface area contributed by atoms with Crippen molar-refractivity contribution in [3.8, 4) is 0 Å². The molecule has 0 aliphatic heterocycles. The zero-order valence-corrected chi connectivity index (χ0v) is 15.5. The average Bonchev–Trinajstić information content (AvgIpc) is 2.68.